The fraction of sp³-hybridized carbons (Fsp3) is 0.500. The molecule has 0 aliphatic carbocycles. The zero-order valence-electron chi connectivity index (χ0n) is 15.8. The van der Waals surface area contributed by atoms with E-state index in [4.69, 9.17) is 10.5 Å². The van der Waals surface area contributed by atoms with Crippen LogP contribution in [0.2, 0.25) is 0 Å². The van der Waals surface area contributed by atoms with Crippen molar-refractivity contribution in [2.75, 3.05) is 5.32 Å². The molecule has 0 aliphatic rings. The lowest BCUT2D eigenvalue weighted by Gasteiger charge is -2.32. The lowest BCUT2D eigenvalue weighted by Crippen LogP contribution is -2.58. The number of benzene rings is 1. The van der Waals surface area contributed by atoms with E-state index in [0.717, 1.165) is 0 Å². The number of nitrogens with one attached hydrogen (secondary N) is 2. The molecule has 0 fully saturated rings. The van der Waals surface area contributed by atoms with Gasteiger partial charge in [-0.15, -0.1) is 0 Å². The maximum atomic E-state index is 13.9. The standard InChI is InChI=1S/C18H25BrFN3O4/c1-5-6-14(15(25)16(21)18(3,4)27-10(2)24)23-17(26)22-13-8-7-11(19)9-12(13)20/h7-9,14,16H,5-6,21H2,1-4H3,(H2,22,23,26)/t14-,16?/m0/s1. The molecule has 7 nitrogen and oxygen atoms in total. The second-order valence-electron chi connectivity index (χ2n) is 6.64. The van der Waals surface area contributed by atoms with Gasteiger partial charge < -0.3 is 21.1 Å². The summed E-state index contributed by atoms with van der Waals surface area (Å²) in [6.07, 6.45) is 0.934. The Morgan fingerprint density at radius 3 is 2.48 bits per heavy atom. The van der Waals surface area contributed by atoms with Gasteiger partial charge in [0.25, 0.3) is 0 Å². The molecule has 1 aromatic rings. The third-order valence-electron chi connectivity index (χ3n) is 3.87. The molecule has 2 amide bonds. The predicted octanol–water partition coefficient (Wildman–Crippen LogP) is 3.12. The summed E-state index contributed by atoms with van der Waals surface area (Å²) in [5.41, 5.74) is 4.72. The third kappa shape index (κ3) is 6.91. The highest BCUT2D eigenvalue weighted by atomic mass is 79.9. The summed E-state index contributed by atoms with van der Waals surface area (Å²) in [6, 6.07) is 1.40. The number of carbonyl (C=O) groups excluding carboxylic acids is 3. The van der Waals surface area contributed by atoms with E-state index in [1.165, 1.54) is 32.9 Å². The SMILES string of the molecule is CCC[C@H](NC(=O)Nc1ccc(Br)cc1F)C(=O)C(N)C(C)(C)OC(C)=O. The first kappa shape index (κ1) is 23.0. The van der Waals surface area contributed by atoms with Crippen LogP contribution in [0.25, 0.3) is 0 Å². The molecule has 0 saturated heterocycles. The Labute approximate surface area is 166 Å². The number of urea groups is 1. The summed E-state index contributed by atoms with van der Waals surface area (Å²) >= 11 is 3.13. The Bertz CT molecular complexity index is 712. The number of carbonyl (C=O) groups is 3. The van der Waals surface area contributed by atoms with Crippen molar-refractivity contribution in [3.63, 3.8) is 0 Å². The highest BCUT2D eigenvalue weighted by Crippen LogP contribution is 2.20. The van der Waals surface area contributed by atoms with Gasteiger partial charge in [0.05, 0.1) is 11.7 Å². The number of rotatable bonds is 8. The molecule has 27 heavy (non-hydrogen) atoms. The van der Waals surface area contributed by atoms with Crippen molar-refractivity contribution in [3.8, 4) is 0 Å². The van der Waals surface area contributed by atoms with Crippen LogP contribution in [0.1, 0.15) is 40.5 Å². The molecule has 0 radical (unpaired) electrons. The summed E-state index contributed by atoms with van der Waals surface area (Å²) in [7, 11) is 0. The van der Waals surface area contributed by atoms with Crippen LogP contribution in [0.4, 0.5) is 14.9 Å². The first-order valence-electron chi connectivity index (χ1n) is 8.49. The highest BCUT2D eigenvalue weighted by molar-refractivity contribution is 9.10. The molecule has 1 aromatic carbocycles. The number of ketones is 1. The minimum Gasteiger partial charge on any atom is -0.458 e. The first-order chi connectivity index (χ1) is 12.5. The summed E-state index contributed by atoms with van der Waals surface area (Å²) in [5, 5.41) is 4.88. The molecule has 0 spiro atoms. The second-order valence-corrected chi connectivity index (χ2v) is 7.56. The molecule has 0 saturated carbocycles. The molecule has 0 aliphatic heterocycles. The average Bonchev–Trinajstić information content (AvgIpc) is 2.54. The fourth-order valence-corrected chi connectivity index (χ4v) is 2.81. The van der Waals surface area contributed by atoms with Crippen LogP contribution in [-0.2, 0) is 14.3 Å². The van der Waals surface area contributed by atoms with Gasteiger partial charge in [0.15, 0.2) is 5.78 Å². The van der Waals surface area contributed by atoms with Crippen molar-refractivity contribution in [3.05, 3.63) is 28.5 Å². The minimum absolute atomic E-state index is 0.0251. The largest absolute Gasteiger partial charge is 0.458 e. The molecule has 0 bridgehead atoms. The zero-order chi connectivity index (χ0) is 20.8. The van der Waals surface area contributed by atoms with Crippen LogP contribution in [0.15, 0.2) is 22.7 Å². The van der Waals surface area contributed by atoms with Crippen molar-refractivity contribution in [2.45, 2.75) is 58.2 Å². The van der Waals surface area contributed by atoms with Gasteiger partial charge >= 0.3 is 12.0 Å². The Morgan fingerprint density at radius 2 is 1.96 bits per heavy atom. The topological polar surface area (TPSA) is 111 Å². The van der Waals surface area contributed by atoms with E-state index < -0.39 is 41.3 Å². The van der Waals surface area contributed by atoms with E-state index in [-0.39, 0.29) is 5.69 Å². The third-order valence-corrected chi connectivity index (χ3v) is 4.36. The molecule has 150 valence electrons. The van der Waals surface area contributed by atoms with Gasteiger partial charge in [-0.05, 0) is 38.5 Å². The molecule has 2 atom stereocenters. The first-order valence-corrected chi connectivity index (χ1v) is 9.28. The molecule has 1 unspecified atom stereocenters. The number of hydrogen-bond donors (Lipinski definition) is 3. The van der Waals surface area contributed by atoms with Crippen molar-refractivity contribution in [1.29, 1.82) is 0 Å². The Morgan fingerprint density at radius 1 is 1.33 bits per heavy atom. The highest BCUT2D eigenvalue weighted by Gasteiger charge is 2.38. The molecule has 0 aromatic heterocycles. The van der Waals surface area contributed by atoms with Crippen molar-refractivity contribution < 1.29 is 23.5 Å². The number of anilines is 1. The quantitative estimate of drug-likeness (QED) is 0.532. The Balaban J connectivity index is 2.86. The number of ether oxygens (including phenoxy) is 1. The van der Waals surface area contributed by atoms with Gasteiger partial charge in [-0.2, -0.15) is 0 Å². The molecule has 4 N–H and O–H groups in total. The number of amides is 2. The molecule has 9 heteroatoms. The van der Waals surface area contributed by atoms with Gasteiger partial charge in [-0.1, -0.05) is 29.3 Å². The summed E-state index contributed by atoms with van der Waals surface area (Å²) < 4.78 is 19.5. The van der Waals surface area contributed by atoms with E-state index >= 15 is 0 Å². The Kier molecular flexibility index (Phi) is 8.36. The molecule has 0 heterocycles. The van der Waals surface area contributed by atoms with E-state index in [9.17, 15) is 18.8 Å². The van der Waals surface area contributed by atoms with Crippen LogP contribution in [-0.4, -0.2) is 35.5 Å². The molecular formula is C18H25BrFN3O4. The van der Waals surface area contributed by atoms with Crippen molar-refractivity contribution in [1.82, 2.24) is 5.32 Å². The van der Waals surface area contributed by atoms with Gasteiger partial charge in [0, 0.05) is 11.4 Å². The van der Waals surface area contributed by atoms with Crippen molar-refractivity contribution in [2.24, 2.45) is 5.73 Å². The zero-order valence-corrected chi connectivity index (χ0v) is 17.4. The summed E-state index contributed by atoms with van der Waals surface area (Å²) in [6.45, 7) is 6.12. The Hall–Kier alpha value is -2.00. The maximum Gasteiger partial charge on any atom is 0.319 e. The van der Waals surface area contributed by atoms with Crippen LogP contribution in [0, 0.1) is 5.82 Å². The maximum absolute atomic E-state index is 13.9. The van der Waals surface area contributed by atoms with E-state index in [2.05, 4.69) is 26.6 Å². The fourth-order valence-electron chi connectivity index (χ4n) is 2.47. The summed E-state index contributed by atoms with van der Waals surface area (Å²) in [4.78, 5) is 36.1. The van der Waals surface area contributed by atoms with Gasteiger partial charge in [0.1, 0.15) is 17.5 Å². The lowest BCUT2D eigenvalue weighted by molar-refractivity contribution is -0.157. The number of halogens is 2. The smallest absolute Gasteiger partial charge is 0.319 e. The van der Waals surface area contributed by atoms with Gasteiger partial charge in [-0.3, -0.25) is 9.59 Å². The number of esters is 1. The van der Waals surface area contributed by atoms with E-state index in [1.54, 1.807) is 6.07 Å². The number of nitrogens with two attached hydrogens (primary N) is 1. The van der Waals surface area contributed by atoms with Crippen LogP contribution >= 0.6 is 15.9 Å². The van der Waals surface area contributed by atoms with Crippen molar-refractivity contribution >= 4 is 39.4 Å². The number of Topliss-reactive ketones (excluding diaryl/α,β-unsaturated/α-hetero) is 1. The lowest BCUT2D eigenvalue weighted by atomic mass is 9.90. The van der Waals surface area contributed by atoms with E-state index in [1.807, 2.05) is 6.92 Å². The summed E-state index contributed by atoms with van der Waals surface area (Å²) in [5.74, 6) is -1.66. The van der Waals surface area contributed by atoms with Crippen LogP contribution in [0.3, 0.4) is 0 Å². The minimum atomic E-state index is -1.23. The molecular weight excluding hydrogens is 421 g/mol. The van der Waals surface area contributed by atoms with Crippen LogP contribution < -0.4 is 16.4 Å². The van der Waals surface area contributed by atoms with Gasteiger partial charge in [0.2, 0.25) is 0 Å². The second kappa shape index (κ2) is 9.80. The average molecular weight is 446 g/mol. The predicted molar refractivity (Wildman–Crippen MR) is 104 cm³/mol. The normalized spacial score (nSPS) is 13.4. The van der Waals surface area contributed by atoms with Crippen LogP contribution in [0.5, 0.6) is 0 Å². The number of hydrogen-bond acceptors (Lipinski definition) is 5. The molecule has 1 rings (SSSR count). The monoisotopic (exact) mass is 445 g/mol. The van der Waals surface area contributed by atoms with E-state index in [0.29, 0.717) is 17.3 Å². The van der Waals surface area contributed by atoms with Gasteiger partial charge in [-0.25, -0.2) is 9.18 Å².